The van der Waals surface area contributed by atoms with Crippen molar-refractivity contribution in [1.29, 1.82) is 0 Å². The number of rotatable bonds is 4. The number of anilines is 1. The Morgan fingerprint density at radius 1 is 1.41 bits per heavy atom. The average Bonchev–Trinajstić information content (AvgIpc) is 2.52. The normalized spacial score (nSPS) is 12.4. The maximum absolute atomic E-state index is 4.45. The van der Waals surface area contributed by atoms with Crippen LogP contribution in [0.2, 0.25) is 0 Å². The molecule has 0 aliphatic carbocycles. The predicted octanol–water partition coefficient (Wildman–Crippen LogP) is 2.66. The summed E-state index contributed by atoms with van der Waals surface area (Å²) < 4.78 is 1.97. The van der Waals surface area contributed by atoms with Crippen LogP contribution in [0, 0.1) is 6.92 Å². The Labute approximate surface area is 130 Å². The molecule has 0 atom stereocenters. The summed E-state index contributed by atoms with van der Waals surface area (Å²) in [4.78, 5) is 13.0. The van der Waals surface area contributed by atoms with Gasteiger partial charge in [0.25, 0.3) is 0 Å². The summed E-state index contributed by atoms with van der Waals surface area (Å²) in [6, 6.07) is 4.02. The maximum Gasteiger partial charge on any atom is 0.222 e. The Bertz CT molecular complexity index is 784. The summed E-state index contributed by atoms with van der Waals surface area (Å²) in [6.07, 6.45) is 7.51. The Morgan fingerprint density at radius 2 is 2.18 bits per heavy atom. The van der Waals surface area contributed by atoms with Crippen molar-refractivity contribution in [1.82, 2.24) is 14.5 Å². The Balaban J connectivity index is 2.52. The summed E-state index contributed by atoms with van der Waals surface area (Å²) in [5.41, 5.74) is 5.01. The number of hydrogen-bond acceptors (Lipinski definition) is 4. The lowest BCUT2D eigenvalue weighted by molar-refractivity contribution is 0.831. The van der Waals surface area contributed by atoms with E-state index in [0.29, 0.717) is 5.95 Å². The first-order valence-corrected chi connectivity index (χ1v) is 7.10. The van der Waals surface area contributed by atoms with Gasteiger partial charge >= 0.3 is 0 Å². The first-order valence-electron chi connectivity index (χ1n) is 7.10. The molecule has 1 N–H and O–H groups in total. The fourth-order valence-electron chi connectivity index (χ4n) is 2.32. The van der Waals surface area contributed by atoms with E-state index in [-0.39, 0.29) is 0 Å². The van der Waals surface area contributed by atoms with Gasteiger partial charge in [-0.05, 0) is 37.1 Å². The van der Waals surface area contributed by atoms with E-state index in [0.717, 1.165) is 27.9 Å². The largest absolute Gasteiger partial charge is 0.357 e. The standard InChI is InChI=1S/C17H21N5/c1-6-14(15-10-20-17(18-4)21-12(15)3)13-8-9-16(19-7-2)22(5)11-13/h6-11H,2H2,1,3-5H3,(H,18,20,21)/b14-6-,19-16?. The molecule has 0 aliphatic rings. The molecule has 0 aliphatic heterocycles. The SMILES string of the molecule is C=CN=c1ccc(/C(=C/C)c2cnc(NC)nc2C)cn1C. The molecule has 5 heteroatoms. The lowest BCUT2D eigenvalue weighted by atomic mass is 9.99. The molecule has 0 saturated carbocycles. The van der Waals surface area contributed by atoms with Gasteiger partial charge in [-0.2, -0.15) is 0 Å². The van der Waals surface area contributed by atoms with Gasteiger partial charge in [0.1, 0.15) is 5.49 Å². The van der Waals surface area contributed by atoms with E-state index >= 15 is 0 Å². The van der Waals surface area contributed by atoms with Gasteiger partial charge in [0.2, 0.25) is 5.95 Å². The number of nitrogens with one attached hydrogen (secondary N) is 1. The lowest BCUT2D eigenvalue weighted by Gasteiger charge is -2.12. The van der Waals surface area contributed by atoms with Gasteiger partial charge in [0, 0.05) is 38.3 Å². The molecule has 2 rings (SSSR count). The molecule has 2 heterocycles. The Hall–Kier alpha value is -2.69. The van der Waals surface area contributed by atoms with E-state index in [1.165, 1.54) is 0 Å². The summed E-state index contributed by atoms with van der Waals surface area (Å²) in [5, 5.41) is 2.95. The van der Waals surface area contributed by atoms with Crippen molar-refractivity contribution in [3.05, 3.63) is 65.7 Å². The molecular weight excluding hydrogens is 274 g/mol. The summed E-state index contributed by atoms with van der Waals surface area (Å²) in [5.74, 6) is 0.627. The van der Waals surface area contributed by atoms with E-state index in [1.54, 1.807) is 6.20 Å². The molecule has 0 fully saturated rings. The molecule has 114 valence electrons. The van der Waals surface area contributed by atoms with Crippen molar-refractivity contribution < 1.29 is 0 Å². The molecular formula is C17H21N5. The minimum Gasteiger partial charge on any atom is -0.357 e. The van der Waals surface area contributed by atoms with E-state index in [2.05, 4.69) is 32.9 Å². The molecule has 22 heavy (non-hydrogen) atoms. The van der Waals surface area contributed by atoms with Crippen LogP contribution in [0.25, 0.3) is 5.57 Å². The number of hydrogen-bond donors (Lipinski definition) is 1. The summed E-state index contributed by atoms with van der Waals surface area (Å²) in [7, 11) is 3.78. The van der Waals surface area contributed by atoms with Gasteiger partial charge in [-0.3, -0.25) is 0 Å². The third-order valence-corrected chi connectivity index (χ3v) is 3.42. The minimum atomic E-state index is 0.627. The van der Waals surface area contributed by atoms with E-state index in [1.807, 2.05) is 57.0 Å². The number of aryl methyl sites for hydroxylation is 2. The number of allylic oxidation sites excluding steroid dienone is 1. The number of pyridine rings is 1. The molecule has 0 aromatic carbocycles. The second kappa shape index (κ2) is 6.85. The summed E-state index contributed by atoms with van der Waals surface area (Å²) in [6.45, 7) is 7.64. The Kier molecular flexibility index (Phi) is 4.88. The van der Waals surface area contributed by atoms with Gasteiger partial charge < -0.3 is 9.88 Å². The summed E-state index contributed by atoms with van der Waals surface area (Å²) >= 11 is 0. The van der Waals surface area contributed by atoms with Crippen molar-refractivity contribution in [3.63, 3.8) is 0 Å². The lowest BCUT2D eigenvalue weighted by Crippen LogP contribution is -2.16. The second-order valence-electron chi connectivity index (χ2n) is 4.84. The first-order chi connectivity index (χ1) is 10.6. The highest BCUT2D eigenvalue weighted by Gasteiger charge is 2.10. The average molecular weight is 295 g/mol. The molecule has 0 radical (unpaired) electrons. The van der Waals surface area contributed by atoms with Crippen molar-refractivity contribution in [2.75, 3.05) is 12.4 Å². The van der Waals surface area contributed by atoms with Crippen molar-refractivity contribution in [2.45, 2.75) is 13.8 Å². The van der Waals surface area contributed by atoms with Crippen LogP contribution in [-0.2, 0) is 7.05 Å². The molecule has 2 aromatic rings. The highest BCUT2D eigenvalue weighted by Crippen LogP contribution is 2.24. The van der Waals surface area contributed by atoms with Gasteiger partial charge in [-0.25, -0.2) is 15.0 Å². The van der Waals surface area contributed by atoms with Crippen molar-refractivity contribution in [3.8, 4) is 0 Å². The number of nitrogens with zero attached hydrogens (tertiary/aromatic N) is 4. The van der Waals surface area contributed by atoms with Gasteiger partial charge in [0.15, 0.2) is 0 Å². The quantitative estimate of drug-likeness (QED) is 0.943. The topological polar surface area (TPSA) is 55.1 Å². The van der Waals surface area contributed by atoms with Crippen LogP contribution in [0.3, 0.4) is 0 Å². The van der Waals surface area contributed by atoms with E-state index in [4.69, 9.17) is 0 Å². The molecule has 0 unspecified atom stereocenters. The van der Waals surface area contributed by atoms with Crippen LogP contribution >= 0.6 is 0 Å². The fraction of sp³-hybridized carbons (Fsp3) is 0.235. The monoisotopic (exact) mass is 295 g/mol. The van der Waals surface area contributed by atoms with Gasteiger partial charge in [-0.15, -0.1) is 0 Å². The smallest absolute Gasteiger partial charge is 0.222 e. The Morgan fingerprint density at radius 3 is 2.73 bits per heavy atom. The van der Waals surface area contributed by atoms with Crippen LogP contribution in [-0.4, -0.2) is 21.6 Å². The van der Waals surface area contributed by atoms with Crippen LogP contribution in [0.1, 0.15) is 23.7 Å². The van der Waals surface area contributed by atoms with E-state index < -0.39 is 0 Å². The molecule has 0 saturated heterocycles. The minimum absolute atomic E-state index is 0.627. The van der Waals surface area contributed by atoms with Gasteiger partial charge in [0.05, 0.1) is 5.69 Å². The molecule has 0 spiro atoms. The second-order valence-corrected chi connectivity index (χ2v) is 4.84. The van der Waals surface area contributed by atoms with Crippen LogP contribution in [0.4, 0.5) is 5.95 Å². The predicted molar refractivity (Wildman–Crippen MR) is 90.2 cm³/mol. The zero-order chi connectivity index (χ0) is 16.1. The maximum atomic E-state index is 4.45. The molecule has 2 aromatic heterocycles. The third kappa shape index (κ3) is 3.14. The first kappa shape index (κ1) is 15.7. The molecule has 0 amide bonds. The van der Waals surface area contributed by atoms with Crippen molar-refractivity contribution >= 4 is 11.5 Å². The zero-order valence-electron chi connectivity index (χ0n) is 13.5. The fourth-order valence-corrected chi connectivity index (χ4v) is 2.32. The van der Waals surface area contributed by atoms with Crippen LogP contribution in [0.15, 0.2) is 48.4 Å². The van der Waals surface area contributed by atoms with Crippen molar-refractivity contribution in [2.24, 2.45) is 12.0 Å². The molecule has 0 bridgehead atoms. The van der Waals surface area contributed by atoms with Gasteiger partial charge in [-0.1, -0.05) is 12.7 Å². The number of aromatic nitrogens is 3. The van der Waals surface area contributed by atoms with E-state index in [9.17, 15) is 0 Å². The third-order valence-electron chi connectivity index (χ3n) is 3.42. The van der Waals surface area contributed by atoms with Crippen LogP contribution < -0.4 is 10.8 Å². The zero-order valence-corrected chi connectivity index (χ0v) is 13.5. The highest BCUT2D eigenvalue weighted by molar-refractivity contribution is 5.80. The van der Waals surface area contributed by atoms with Crippen LogP contribution in [0.5, 0.6) is 0 Å². The highest BCUT2D eigenvalue weighted by atomic mass is 15.1. The molecule has 5 nitrogen and oxygen atoms in total.